The van der Waals surface area contributed by atoms with Crippen molar-refractivity contribution in [3.05, 3.63) is 71.8 Å². The Hall–Kier alpha value is -2.88. The Morgan fingerprint density at radius 2 is 1.87 bits per heavy atom. The summed E-state index contributed by atoms with van der Waals surface area (Å²) in [6.07, 6.45) is 0.229. The first-order chi connectivity index (χ1) is 11.1. The van der Waals surface area contributed by atoms with Gasteiger partial charge >= 0.3 is 0 Å². The Kier molecular flexibility index (Phi) is 3.98. The molecule has 2 aromatic rings. The molecule has 3 rings (SSSR count). The number of anilines is 1. The van der Waals surface area contributed by atoms with Crippen molar-refractivity contribution in [1.82, 2.24) is 4.90 Å². The van der Waals surface area contributed by atoms with Gasteiger partial charge in [0.25, 0.3) is 5.91 Å². The molecular formula is C19H18N2O2. The number of fused-ring (bicyclic) bond motifs is 1. The predicted octanol–water partition coefficient (Wildman–Crippen LogP) is 3.45. The first kappa shape index (κ1) is 15.0. The molecule has 0 aliphatic carbocycles. The second-order valence-corrected chi connectivity index (χ2v) is 5.62. The Bertz CT molecular complexity index is 760. The number of benzene rings is 2. The number of hydrogen-bond acceptors (Lipinski definition) is 2. The zero-order valence-corrected chi connectivity index (χ0v) is 13.0. The monoisotopic (exact) mass is 306 g/mol. The number of carbonyl (C=O) groups excluding carboxylic acids is 2. The molecule has 0 unspecified atom stereocenters. The van der Waals surface area contributed by atoms with Gasteiger partial charge in [-0.15, -0.1) is 0 Å². The van der Waals surface area contributed by atoms with Crippen LogP contribution in [-0.4, -0.2) is 23.3 Å². The van der Waals surface area contributed by atoms with Gasteiger partial charge in [0.2, 0.25) is 5.91 Å². The van der Waals surface area contributed by atoms with Gasteiger partial charge in [-0.3, -0.25) is 9.59 Å². The van der Waals surface area contributed by atoms with E-state index >= 15 is 0 Å². The Labute approximate surface area is 135 Å². The summed E-state index contributed by atoms with van der Waals surface area (Å²) >= 11 is 0. The van der Waals surface area contributed by atoms with Crippen molar-refractivity contribution in [2.45, 2.75) is 13.3 Å². The van der Waals surface area contributed by atoms with Crippen LogP contribution in [0.1, 0.15) is 27.9 Å². The smallest absolute Gasteiger partial charge is 0.258 e. The number of hydrogen-bond donors (Lipinski definition) is 1. The van der Waals surface area contributed by atoms with E-state index in [9.17, 15) is 9.59 Å². The van der Waals surface area contributed by atoms with Crippen LogP contribution in [0.25, 0.3) is 5.70 Å². The summed E-state index contributed by atoms with van der Waals surface area (Å²) < 4.78 is 0. The van der Waals surface area contributed by atoms with Gasteiger partial charge in [-0.05, 0) is 30.7 Å². The van der Waals surface area contributed by atoms with Crippen LogP contribution in [0.3, 0.4) is 0 Å². The average molecular weight is 306 g/mol. The molecule has 1 N–H and O–H groups in total. The van der Waals surface area contributed by atoms with Crippen LogP contribution >= 0.6 is 0 Å². The molecule has 1 aliphatic heterocycles. The summed E-state index contributed by atoms with van der Waals surface area (Å²) in [5, 5.41) is 2.85. The molecule has 4 heteroatoms. The number of amides is 2. The number of carbonyl (C=O) groups is 2. The van der Waals surface area contributed by atoms with Gasteiger partial charge in [0, 0.05) is 35.5 Å². The van der Waals surface area contributed by atoms with E-state index in [2.05, 4.69) is 11.9 Å². The first-order valence-electron chi connectivity index (χ1n) is 7.53. The summed E-state index contributed by atoms with van der Waals surface area (Å²) in [5.74, 6) is -0.207. The minimum absolute atomic E-state index is 0.0889. The molecule has 0 bridgehead atoms. The molecule has 0 saturated heterocycles. The lowest BCUT2D eigenvalue weighted by atomic mass is 10.1. The van der Waals surface area contributed by atoms with Crippen molar-refractivity contribution < 1.29 is 9.59 Å². The van der Waals surface area contributed by atoms with Gasteiger partial charge in [-0.1, -0.05) is 36.9 Å². The van der Waals surface area contributed by atoms with Crippen LogP contribution in [-0.2, 0) is 4.79 Å². The first-order valence-corrected chi connectivity index (χ1v) is 7.53. The molecule has 23 heavy (non-hydrogen) atoms. The van der Waals surface area contributed by atoms with Gasteiger partial charge in [0.15, 0.2) is 0 Å². The van der Waals surface area contributed by atoms with Crippen LogP contribution in [0.4, 0.5) is 5.69 Å². The number of nitrogens with zero attached hydrogens (tertiary/aromatic N) is 1. The van der Waals surface area contributed by atoms with Gasteiger partial charge in [0.1, 0.15) is 0 Å². The number of rotatable bonds is 4. The van der Waals surface area contributed by atoms with Crippen LogP contribution < -0.4 is 5.32 Å². The second-order valence-electron chi connectivity index (χ2n) is 5.62. The lowest BCUT2D eigenvalue weighted by Crippen LogP contribution is -2.27. The lowest BCUT2D eigenvalue weighted by molar-refractivity contribution is -0.116. The van der Waals surface area contributed by atoms with E-state index in [4.69, 9.17) is 0 Å². The van der Waals surface area contributed by atoms with Crippen LogP contribution in [0.2, 0.25) is 0 Å². The molecule has 0 atom stereocenters. The van der Waals surface area contributed by atoms with Crippen molar-refractivity contribution in [2.75, 3.05) is 11.9 Å². The highest BCUT2D eigenvalue weighted by Crippen LogP contribution is 2.31. The predicted molar refractivity (Wildman–Crippen MR) is 90.9 cm³/mol. The normalized spacial score (nSPS) is 13.2. The minimum Gasteiger partial charge on any atom is -0.326 e. The fraction of sp³-hybridized carbons (Fsp3) is 0.158. The van der Waals surface area contributed by atoms with E-state index < -0.39 is 0 Å². The summed E-state index contributed by atoms with van der Waals surface area (Å²) in [5.41, 5.74) is 4.01. The molecule has 0 spiro atoms. The molecule has 2 aromatic carbocycles. The van der Waals surface area contributed by atoms with Crippen molar-refractivity contribution >= 4 is 23.2 Å². The van der Waals surface area contributed by atoms with Crippen molar-refractivity contribution in [3.63, 3.8) is 0 Å². The molecule has 1 aliphatic rings. The van der Waals surface area contributed by atoms with Gasteiger partial charge < -0.3 is 10.2 Å². The summed E-state index contributed by atoms with van der Waals surface area (Å²) in [6.45, 7) is 6.27. The maximum atomic E-state index is 12.4. The van der Waals surface area contributed by atoms with E-state index in [-0.39, 0.29) is 18.2 Å². The molecular weight excluding hydrogens is 288 g/mol. The van der Waals surface area contributed by atoms with E-state index in [0.29, 0.717) is 17.8 Å². The van der Waals surface area contributed by atoms with E-state index in [1.807, 2.05) is 49.4 Å². The van der Waals surface area contributed by atoms with E-state index in [1.54, 1.807) is 11.0 Å². The van der Waals surface area contributed by atoms with Gasteiger partial charge in [0.05, 0.1) is 0 Å². The zero-order valence-electron chi connectivity index (χ0n) is 13.0. The molecule has 116 valence electrons. The molecule has 2 amide bonds. The SMILES string of the molecule is C=C1c2ccccc2C(=O)N1CCC(=O)Nc1cccc(C)c1. The Morgan fingerprint density at radius 3 is 2.57 bits per heavy atom. The summed E-state index contributed by atoms with van der Waals surface area (Å²) in [7, 11) is 0. The fourth-order valence-electron chi connectivity index (χ4n) is 2.73. The molecule has 0 saturated carbocycles. The highest BCUT2D eigenvalue weighted by atomic mass is 16.2. The average Bonchev–Trinajstić information content (AvgIpc) is 2.77. The van der Waals surface area contributed by atoms with Gasteiger partial charge in [-0.25, -0.2) is 0 Å². The third kappa shape index (κ3) is 3.01. The second kappa shape index (κ2) is 6.08. The summed E-state index contributed by atoms with van der Waals surface area (Å²) in [4.78, 5) is 26.0. The van der Waals surface area contributed by atoms with Crippen LogP contribution in [0.15, 0.2) is 55.1 Å². The standard InChI is InChI=1S/C19H18N2O2/c1-13-6-5-7-15(12-13)20-18(22)10-11-21-14(2)16-8-3-4-9-17(16)19(21)23/h3-9,12H,2,10-11H2,1H3,(H,20,22). The Balaban J connectivity index is 1.62. The topological polar surface area (TPSA) is 49.4 Å². The fourth-order valence-corrected chi connectivity index (χ4v) is 2.73. The van der Waals surface area contributed by atoms with Crippen LogP contribution in [0, 0.1) is 6.92 Å². The minimum atomic E-state index is -0.118. The summed E-state index contributed by atoms with van der Waals surface area (Å²) in [6, 6.07) is 15.0. The van der Waals surface area contributed by atoms with Crippen molar-refractivity contribution in [1.29, 1.82) is 0 Å². The van der Waals surface area contributed by atoms with Crippen molar-refractivity contribution in [3.8, 4) is 0 Å². The molecule has 4 nitrogen and oxygen atoms in total. The van der Waals surface area contributed by atoms with Gasteiger partial charge in [-0.2, -0.15) is 0 Å². The Morgan fingerprint density at radius 1 is 1.13 bits per heavy atom. The molecule has 1 heterocycles. The lowest BCUT2D eigenvalue weighted by Gasteiger charge is -2.17. The number of nitrogens with one attached hydrogen (secondary N) is 1. The van der Waals surface area contributed by atoms with E-state index in [1.165, 1.54) is 0 Å². The molecule has 0 aromatic heterocycles. The molecule has 0 radical (unpaired) electrons. The quantitative estimate of drug-likeness (QED) is 0.940. The third-order valence-electron chi connectivity index (χ3n) is 3.90. The highest BCUT2D eigenvalue weighted by Gasteiger charge is 2.30. The third-order valence-corrected chi connectivity index (χ3v) is 3.90. The maximum Gasteiger partial charge on any atom is 0.258 e. The largest absolute Gasteiger partial charge is 0.326 e. The van der Waals surface area contributed by atoms with Crippen LogP contribution in [0.5, 0.6) is 0 Å². The van der Waals surface area contributed by atoms with E-state index in [0.717, 1.165) is 16.8 Å². The van der Waals surface area contributed by atoms with Crippen molar-refractivity contribution in [2.24, 2.45) is 0 Å². The number of aryl methyl sites for hydroxylation is 1. The highest BCUT2D eigenvalue weighted by molar-refractivity contribution is 6.09. The zero-order chi connectivity index (χ0) is 16.4. The molecule has 0 fully saturated rings. The maximum absolute atomic E-state index is 12.4.